The van der Waals surface area contributed by atoms with Crippen molar-refractivity contribution < 1.29 is 9.53 Å². The molecule has 112 valence electrons. The van der Waals surface area contributed by atoms with Gasteiger partial charge in [0.05, 0.1) is 12.8 Å². The second kappa shape index (κ2) is 5.99. The van der Waals surface area contributed by atoms with Crippen LogP contribution < -0.4 is 10.1 Å². The third-order valence-electron chi connectivity index (χ3n) is 3.54. The van der Waals surface area contributed by atoms with Crippen LogP contribution in [0, 0.1) is 0 Å². The molecular weight excluding hydrogens is 266 g/mol. The molecule has 1 amide bonds. The Labute approximate surface area is 124 Å². The number of carbonyl (C=O) groups is 1. The van der Waals surface area contributed by atoms with Gasteiger partial charge in [-0.15, -0.1) is 0 Å². The molecule has 2 rings (SSSR count). The van der Waals surface area contributed by atoms with Gasteiger partial charge in [-0.2, -0.15) is 5.10 Å². The van der Waals surface area contributed by atoms with E-state index in [0.717, 1.165) is 23.4 Å². The van der Waals surface area contributed by atoms with Crippen molar-refractivity contribution in [3.05, 3.63) is 36.0 Å². The molecule has 0 fully saturated rings. The number of rotatable bonds is 5. The van der Waals surface area contributed by atoms with Crippen LogP contribution in [0.2, 0.25) is 0 Å². The Balaban J connectivity index is 2.15. The highest BCUT2D eigenvalue weighted by Gasteiger charge is 2.20. The van der Waals surface area contributed by atoms with E-state index in [1.165, 1.54) is 0 Å². The van der Waals surface area contributed by atoms with E-state index in [1.807, 2.05) is 45.0 Å². The van der Waals surface area contributed by atoms with Crippen molar-refractivity contribution in [2.75, 3.05) is 7.11 Å². The first-order chi connectivity index (χ1) is 9.95. The zero-order valence-corrected chi connectivity index (χ0v) is 12.9. The van der Waals surface area contributed by atoms with E-state index in [9.17, 15) is 4.79 Å². The maximum atomic E-state index is 12.2. The SMILES string of the molecule is CCC(C)(C)NC(=O)c1cc(-c2ccc(OC)cc2)n[nH]1. The average molecular weight is 287 g/mol. The number of hydrogen-bond donors (Lipinski definition) is 2. The van der Waals surface area contributed by atoms with Gasteiger partial charge in [0.25, 0.3) is 5.91 Å². The van der Waals surface area contributed by atoms with Crippen LogP contribution in [0.5, 0.6) is 5.75 Å². The molecule has 1 aromatic heterocycles. The lowest BCUT2D eigenvalue weighted by molar-refractivity contribution is 0.0906. The first-order valence-electron chi connectivity index (χ1n) is 6.97. The maximum absolute atomic E-state index is 12.2. The zero-order valence-electron chi connectivity index (χ0n) is 12.9. The van der Waals surface area contributed by atoms with Crippen LogP contribution in [0.25, 0.3) is 11.3 Å². The van der Waals surface area contributed by atoms with E-state index in [2.05, 4.69) is 15.5 Å². The summed E-state index contributed by atoms with van der Waals surface area (Å²) in [6.07, 6.45) is 0.859. The predicted octanol–water partition coefficient (Wildman–Crippen LogP) is 3.00. The fourth-order valence-corrected chi connectivity index (χ4v) is 1.81. The summed E-state index contributed by atoms with van der Waals surface area (Å²) in [4.78, 5) is 12.2. The van der Waals surface area contributed by atoms with Crippen molar-refractivity contribution in [1.29, 1.82) is 0 Å². The summed E-state index contributed by atoms with van der Waals surface area (Å²) in [5, 5.41) is 9.95. The van der Waals surface area contributed by atoms with Crippen LogP contribution in [0.15, 0.2) is 30.3 Å². The number of aromatic nitrogens is 2. The van der Waals surface area contributed by atoms with Crippen molar-refractivity contribution >= 4 is 5.91 Å². The molecule has 2 N–H and O–H groups in total. The third-order valence-corrected chi connectivity index (χ3v) is 3.54. The van der Waals surface area contributed by atoms with Gasteiger partial charge in [0, 0.05) is 11.1 Å². The lowest BCUT2D eigenvalue weighted by Gasteiger charge is -2.23. The highest BCUT2D eigenvalue weighted by atomic mass is 16.5. The Kier molecular flexibility index (Phi) is 4.31. The Bertz CT molecular complexity index is 615. The summed E-state index contributed by atoms with van der Waals surface area (Å²) in [5.41, 5.74) is 1.89. The highest BCUT2D eigenvalue weighted by molar-refractivity contribution is 5.93. The van der Waals surface area contributed by atoms with Gasteiger partial charge in [0.15, 0.2) is 0 Å². The number of methoxy groups -OCH3 is 1. The Hall–Kier alpha value is -2.30. The summed E-state index contributed by atoms with van der Waals surface area (Å²) < 4.78 is 5.12. The van der Waals surface area contributed by atoms with Gasteiger partial charge >= 0.3 is 0 Å². The molecule has 0 saturated heterocycles. The lowest BCUT2D eigenvalue weighted by atomic mass is 10.0. The Morgan fingerprint density at radius 2 is 2.00 bits per heavy atom. The Morgan fingerprint density at radius 3 is 2.57 bits per heavy atom. The smallest absolute Gasteiger partial charge is 0.269 e. The predicted molar refractivity (Wildman–Crippen MR) is 82.4 cm³/mol. The van der Waals surface area contributed by atoms with Crippen molar-refractivity contribution in [2.45, 2.75) is 32.7 Å². The fourth-order valence-electron chi connectivity index (χ4n) is 1.81. The van der Waals surface area contributed by atoms with Crippen LogP contribution in [0.4, 0.5) is 0 Å². The maximum Gasteiger partial charge on any atom is 0.269 e. The van der Waals surface area contributed by atoms with Crippen molar-refractivity contribution in [3.63, 3.8) is 0 Å². The van der Waals surface area contributed by atoms with Crippen LogP contribution in [0.1, 0.15) is 37.7 Å². The van der Waals surface area contributed by atoms with E-state index < -0.39 is 0 Å². The van der Waals surface area contributed by atoms with Crippen molar-refractivity contribution in [3.8, 4) is 17.0 Å². The van der Waals surface area contributed by atoms with E-state index in [4.69, 9.17) is 4.74 Å². The van der Waals surface area contributed by atoms with Gasteiger partial charge in [-0.05, 0) is 50.6 Å². The molecule has 0 unspecified atom stereocenters. The number of nitrogens with one attached hydrogen (secondary N) is 2. The van der Waals surface area contributed by atoms with E-state index in [1.54, 1.807) is 13.2 Å². The number of benzene rings is 1. The van der Waals surface area contributed by atoms with Crippen LogP contribution >= 0.6 is 0 Å². The minimum atomic E-state index is -0.234. The topological polar surface area (TPSA) is 67.0 Å². The molecule has 0 aliphatic rings. The van der Waals surface area contributed by atoms with E-state index >= 15 is 0 Å². The van der Waals surface area contributed by atoms with Gasteiger partial charge < -0.3 is 10.1 Å². The van der Waals surface area contributed by atoms with Gasteiger partial charge in [-0.1, -0.05) is 6.92 Å². The van der Waals surface area contributed by atoms with Crippen LogP contribution in [-0.2, 0) is 0 Å². The first kappa shape index (κ1) is 15.1. The minimum Gasteiger partial charge on any atom is -0.497 e. The average Bonchev–Trinajstić information content (AvgIpc) is 2.97. The molecule has 0 spiro atoms. The number of H-pyrrole nitrogens is 1. The normalized spacial score (nSPS) is 11.2. The number of ether oxygens (including phenoxy) is 1. The molecule has 0 bridgehead atoms. The van der Waals surface area contributed by atoms with E-state index in [0.29, 0.717) is 5.69 Å². The standard InChI is InChI=1S/C16H21N3O2/c1-5-16(2,3)17-15(20)14-10-13(18-19-14)11-6-8-12(21-4)9-7-11/h6-10H,5H2,1-4H3,(H,17,20)(H,18,19). The van der Waals surface area contributed by atoms with E-state index in [-0.39, 0.29) is 11.4 Å². The monoisotopic (exact) mass is 287 g/mol. The van der Waals surface area contributed by atoms with Gasteiger partial charge in [-0.25, -0.2) is 0 Å². The van der Waals surface area contributed by atoms with Crippen molar-refractivity contribution in [2.24, 2.45) is 0 Å². The molecule has 0 radical (unpaired) electrons. The van der Waals surface area contributed by atoms with Gasteiger partial charge in [-0.3, -0.25) is 9.89 Å². The molecule has 0 aliphatic heterocycles. The van der Waals surface area contributed by atoms with Crippen LogP contribution in [-0.4, -0.2) is 28.8 Å². The highest BCUT2D eigenvalue weighted by Crippen LogP contribution is 2.21. The zero-order chi connectivity index (χ0) is 15.5. The van der Waals surface area contributed by atoms with Crippen molar-refractivity contribution in [1.82, 2.24) is 15.5 Å². The molecule has 5 nitrogen and oxygen atoms in total. The molecule has 0 saturated carbocycles. The fraction of sp³-hybridized carbons (Fsp3) is 0.375. The summed E-state index contributed by atoms with van der Waals surface area (Å²) in [5.74, 6) is 0.644. The molecular formula is C16H21N3O2. The molecule has 21 heavy (non-hydrogen) atoms. The number of amides is 1. The largest absolute Gasteiger partial charge is 0.497 e. The molecule has 1 heterocycles. The summed E-state index contributed by atoms with van der Waals surface area (Å²) in [7, 11) is 1.63. The number of carbonyl (C=O) groups excluding carboxylic acids is 1. The quantitative estimate of drug-likeness (QED) is 0.888. The van der Waals surface area contributed by atoms with Crippen LogP contribution in [0.3, 0.4) is 0 Å². The van der Waals surface area contributed by atoms with Gasteiger partial charge in [0.1, 0.15) is 11.4 Å². The lowest BCUT2D eigenvalue weighted by Crippen LogP contribution is -2.42. The minimum absolute atomic E-state index is 0.144. The molecule has 1 aromatic carbocycles. The second-order valence-electron chi connectivity index (χ2n) is 5.59. The Morgan fingerprint density at radius 1 is 1.33 bits per heavy atom. The molecule has 2 aromatic rings. The number of nitrogens with zero attached hydrogens (tertiary/aromatic N) is 1. The summed E-state index contributed by atoms with van der Waals surface area (Å²) in [6, 6.07) is 9.30. The number of aromatic amines is 1. The second-order valence-corrected chi connectivity index (χ2v) is 5.59. The first-order valence-corrected chi connectivity index (χ1v) is 6.97. The van der Waals surface area contributed by atoms with Gasteiger partial charge in [0.2, 0.25) is 0 Å². The summed E-state index contributed by atoms with van der Waals surface area (Å²) in [6.45, 7) is 6.02. The summed E-state index contributed by atoms with van der Waals surface area (Å²) >= 11 is 0. The third kappa shape index (κ3) is 3.62. The molecule has 0 atom stereocenters. The number of hydrogen-bond acceptors (Lipinski definition) is 3. The molecule has 5 heteroatoms. The molecule has 0 aliphatic carbocycles.